The van der Waals surface area contributed by atoms with E-state index in [1.807, 2.05) is 18.2 Å². The molecule has 0 aliphatic heterocycles. The van der Waals surface area contributed by atoms with Crippen LogP contribution in [0.5, 0.6) is 0 Å². The van der Waals surface area contributed by atoms with E-state index in [1.165, 1.54) is 5.39 Å². The van der Waals surface area contributed by atoms with E-state index in [2.05, 4.69) is 42.3 Å². The zero-order chi connectivity index (χ0) is 9.80. The molecule has 0 aliphatic rings. The van der Waals surface area contributed by atoms with Crippen molar-refractivity contribution in [3.63, 3.8) is 0 Å². The summed E-state index contributed by atoms with van der Waals surface area (Å²) in [5, 5.41) is 1.20. The van der Waals surface area contributed by atoms with Crippen molar-refractivity contribution in [3.8, 4) is 0 Å². The fourth-order valence-corrected chi connectivity index (χ4v) is 1.41. The lowest BCUT2D eigenvalue weighted by Crippen LogP contribution is -1.81. The minimum atomic E-state index is 1.03. The molecule has 1 heterocycles. The maximum atomic E-state index is 4.53. The van der Waals surface area contributed by atoms with E-state index in [1.54, 1.807) is 0 Å². The smallest absolute Gasteiger partial charge is 0.0709 e. The van der Waals surface area contributed by atoms with Gasteiger partial charge in [0.15, 0.2) is 0 Å². The molecule has 2 aromatic rings. The molecule has 0 bridgehead atoms. The number of aromatic nitrogens is 1. The summed E-state index contributed by atoms with van der Waals surface area (Å²) in [5.74, 6) is 0. The molecular formula is C13H13N. The number of rotatable bonds is 2. The average molecular weight is 183 g/mol. The Hall–Kier alpha value is -1.63. The molecule has 1 nitrogen and oxygen atoms in total. The van der Waals surface area contributed by atoms with Crippen LogP contribution in [0.1, 0.15) is 19.0 Å². The van der Waals surface area contributed by atoms with Gasteiger partial charge in [-0.25, -0.2) is 4.98 Å². The van der Waals surface area contributed by atoms with E-state index in [9.17, 15) is 0 Å². The molecule has 0 aliphatic carbocycles. The number of fused-ring (bicyclic) bond motifs is 1. The molecule has 14 heavy (non-hydrogen) atoms. The highest BCUT2D eigenvalue weighted by molar-refractivity contribution is 5.79. The van der Waals surface area contributed by atoms with Gasteiger partial charge in [-0.1, -0.05) is 37.3 Å². The predicted molar refractivity (Wildman–Crippen MR) is 61.1 cm³/mol. The van der Waals surface area contributed by atoms with Gasteiger partial charge in [0, 0.05) is 5.39 Å². The number of hydrogen-bond donors (Lipinski definition) is 0. The normalized spacial score (nSPS) is 11.2. The van der Waals surface area contributed by atoms with Gasteiger partial charge in [-0.3, -0.25) is 0 Å². The highest BCUT2D eigenvalue weighted by Crippen LogP contribution is 2.12. The summed E-state index contributed by atoms with van der Waals surface area (Å²) in [7, 11) is 0. The van der Waals surface area contributed by atoms with E-state index >= 15 is 0 Å². The maximum absolute atomic E-state index is 4.53. The first-order valence-electron chi connectivity index (χ1n) is 4.92. The Labute approximate surface area is 84.1 Å². The molecule has 0 spiro atoms. The van der Waals surface area contributed by atoms with Gasteiger partial charge in [0.2, 0.25) is 0 Å². The summed E-state index contributed by atoms with van der Waals surface area (Å²) < 4.78 is 0. The summed E-state index contributed by atoms with van der Waals surface area (Å²) in [4.78, 5) is 4.53. The van der Waals surface area contributed by atoms with Crippen molar-refractivity contribution in [2.75, 3.05) is 0 Å². The van der Waals surface area contributed by atoms with Crippen LogP contribution in [0.25, 0.3) is 17.0 Å². The second kappa shape index (κ2) is 4.05. The predicted octanol–water partition coefficient (Wildman–Crippen LogP) is 3.66. The third kappa shape index (κ3) is 1.82. The minimum absolute atomic E-state index is 1.03. The molecule has 1 aromatic heterocycles. The molecular weight excluding hydrogens is 170 g/mol. The van der Waals surface area contributed by atoms with E-state index < -0.39 is 0 Å². The fraction of sp³-hybridized carbons (Fsp3) is 0.154. The molecule has 0 atom stereocenters. The van der Waals surface area contributed by atoms with Crippen molar-refractivity contribution in [1.29, 1.82) is 0 Å². The van der Waals surface area contributed by atoms with Crippen molar-refractivity contribution in [2.45, 2.75) is 13.3 Å². The van der Waals surface area contributed by atoms with Gasteiger partial charge < -0.3 is 0 Å². The minimum Gasteiger partial charge on any atom is -0.248 e. The Kier molecular flexibility index (Phi) is 2.59. The van der Waals surface area contributed by atoms with E-state index in [-0.39, 0.29) is 0 Å². The first-order valence-corrected chi connectivity index (χ1v) is 4.92. The SMILES string of the molecule is CCC=Cc1ccc2ccccc2n1. The first kappa shape index (κ1) is 8.95. The summed E-state index contributed by atoms with van der Waals surface area (Å²) in [6.45, 7) is 2.12. The summed E-state index contributed by atoms with van der Waals surface area (Å²) in [5.41, 5.74) is 2.09. The highest BCUT2D eigenvalue weighted by atomic mass is 14.7. The van der Waals surface area contributed by atoms with Crippen molar-refractivity contribution < 1.29 is 0 Å². The van der Waals surface area contributed by atoms with Crippen LogP contribution in [-0.2, 0) is 0 Å². The Balaban J connectivity index is 2.46. The molecule has 1 aromatic carbocycles. The first-order chi connectivity index (χ1) is 6.90. The monoisotopic (exact) mass is 183 g/mol. The van der Waals surface area contributed by atoms with Crippen LogP contribution < -0.4 is 0 Å². The fourth-order valence-electron chi connectivity index (χ4n) is 1.41. The van der Waals surface area contributed by atoms with Crippen LogP contribution in [0.4, 0.5) is 0 Å². The lowest BCUT2D eigenvalue weighted by Gasteiger charge is -1.97. The van der Waals surface area contributed by atoms with Crippen molar-refractivity contribution >= 4 is 17.0 Å². The van der Waals surface area contributed by atoms with Crippen LogP contribution in [0.2, 0.25) is 0 Å². The highest BCUT2D eigenvalue weighted by Gasteiger charge is 1.93. The topological polar surface area (TPSA) is 12.9 Å². The van der Waals surface area contributed by atoms with Crippen molar-refractivity contribution in [3.05, 3.63) is 48.2 Å². The van der Waals surface area contributed by atoms with Gasteiger partial charge in [-0.05, 0) is 24.6 Å². The molecule has 0 radical (unpaired) electrons. The quantitative estimate of drug-likeness (QED) is 0.692. The maximum Gasteiger partial charge on any atom is 0.0709 e. The number of benzene rings is 1. The average Bonchev–Trinajstić information content (AvgIpc) is 2.26. The van der Waals surface area contributed by atoms with Crippen molar-refractivity contribution in [2.24, 2.45) is 0 Å². The zero-order valence-corrected chi connectivity index (χ0v) is 8.27. The van der Waals surface area contributed by atoms with Crippen LogP contribution in [0.3, 0.4) is 0 Å². The Morgan fingerprint density at radius 1 is 1.14 bits per heavy atom. The van der Waals surface area contributed by atoms with Gasteiger partial charge >= 0.3 is 0 Å². The summed E-state index contributed by atoms with van der Waals surface area (Å²) in [6, 6.07) is 12.3. The van der Waals surface area contributed by atoms with Crippen LogP contribution >= 0.6 is 0 Å². The summed E-state index contributed by atoms with van der Waals surface area (Å²) >= 11 is 0. The Morgan fingerprint density at radius 3 is 2.86 bits per heavy atom. The lowest BCUT2D eigenvalue weighted by atomic mass is 10.2. The molecule has 0 saturated heterocycles. The number of nitrogens with zero attached hydrogens (tertiary/aromatic N) is 1. The molecule has 2 rings (SSSR count). The second-order valence-electron chi connectivity index (χ2n) is 3.24. The van der Waals surface area contributed by atoms with Gasteiger partial charge in [-0.15, -0.1) is 0 Å². The molecule has 0 amide bonds. The molecule has 0 unspecified atom stereocenters. The van der Waals surface area contributed by atoms with Crippen LogP contribution in [-0.4, -0.2) is 4.98 Å². The van der Waals surface area contributed by atoms with E-state index in [4.69, 9.17) is 0 Å². The van der Waals surface area contributed by atoms with E-state index in [0.29, 0.717) is 0 Å². The second-order valence-corrected chi connectivity index (χ2v) is 3.24. The lowest BCUT2D eigenvalue weighted by molar-refractivity contribution is 1.23. The molecule has 0 fully saturated rings. The molecule has 70 valence electrons. The van der Waals surface area contributed by atoms with Crippen LogP contribution in [0.15, 0.2) is 42.5 Å². The zero-order valence-electron chi connectivity index (χ0n) is 8.27. The Morgan fingerprint density at radius 2 is 2.00 bits per heavy atom. The number of para-hydroxylation sites is 1. The molecule has 1 heteroatoms. The third-order valence-corrected chi connectivity index (χ3v) is 2.14. The molecule has 0 N–H and O–H groups in total. The number of pyridine rings is 1. The molecule has 0 saturated carbocycles. The van der Waals surface area contributed by atoms with Gasteiger partial charge in [-0.2, -0.15) is 0 Å². The standard InChI is InChI=1S/C13H13N/c1-2-3-7-12-10-9-11-6-4-5-8-13(11)14-12/h3-10H,2H2,1H3. The van der Waals surface area contributed by atoms with Crippen molar-refractivity contribution in [1.82, 2.24) is 4.98 Å². The van der Waals surface area contributed by atoms with Gasteiger partial charge in [0.1, 0.15) is 0 Å². The van der Waals surface area contributed by atoms with Gasteiger partial charge in [0.05, 0.1) is 11.2 Å². The largest absolute Gasteiger partial charge is 0.248 e. The third-order valence-electron chi connectivity index (χ3n) is 2.14. The number of hydrogen-bond acceptors (Lipinski definition) is 1. The number of allylic oxidation sites excluding steroid dienone is 1. The van der Waals surface area contributed by atoms with E-state index in [0.717, 1.165) is 17.6 Å². The van der Waals surface area contributed by atoms with Gasteiger partial charge in [0.25, 0.3) is 0 Å². The van der Waals surface area contributed by atoms with Crippen LogP contribution in [0, 0.1) is 0 Å². The summed E-state index contributed by atoms with van der Waals surface area (Å²) in [6.07, 6.45) is 5.23. The Bertz CT molecular complexity index is 457.